The zero-order valence-electron chi connectivity index (χ0n) is 15.2. The largest absolute Gasteiger partial charge is 0.325 e. The molecule has 1 aliphatic heterocycles. The Morgan fingerprint density at radius 1 is 1.19 bits per heavy atom. The van der Waals surface area contributed by atoms with Crippen LogP contribution in [0.5, 0.6) is 0 Å². The number of nitrogens with zero attached hydrogens (tertiary/aromatic N) is 1. The van der Waals surface area contributed by atoms with Crippen molar-refractivity contribution < 1.29 is 14.4 Å². The number of benzene rings is 1. The highest BCUT2D eigenvalue weighted by Gasteiger charge is 2.49. The van der Waals surface area contributed by atoms with Crippen LogP contribution in [0.3, 0.4) is 0 Å². The number of carbonyl (C=O) groups is 3. The van der Waals surface area contributed by atoms with E-state index in [0.29, 0.717) is 5.56 Å². The Balaban J connectivity index is 1.86. The molecule has 1 N–H and O–H groups in total. The second kappa shape index (κ2) is 7.03. The first-order valence-electron chi connectivity index (χ1n) is 8.72. The van der Waals surface area contributed by atoms with Gasteiger partial charge in [-0.1, -0.05) is 26.0 Å². The first-order chi connectivity index (χ1) is 12.4. The minimum Gasteiger partial charge on any atom is -0.319 e. The van der Waals surface area contributed by atoms with E-state index in [1.165, 1.54) is 11.3 Å². The molecular weight excluding hydrogens is 348 g/mol. The highest BCUT2D eigenvalue weighted by atomic mass is 32.1. The Bertz CT molecular complexity index is 860. The normalized spacial score (nSPS) is 19.7. The van der Waals surface area contributed by atoms with Crippen molar-refractivity contribution in [1.82, 2.24) is 10.2 Å². The maximum absolute atomic E-state index is 12.9. The second-order valence-corrected chi connectivity index (χ2v) is 7.36. The lowest BCUT2D eigenvalue weighted by Crippen LogP contribution is -2.41. The summed E-state index contributed by atoms with van der Waals surface area (Å²) in [7, 11) is 0. The van der Waals surface area contributed by atoms with Crippen molar-refractivity contribution >= 4 is 29.1 Å². The fourth-order valence-corrected chi connectivity index (χ4v) is 3.99. The van der Waals surface area contributed by atoms with Gasteiger partial charge in [0.15, 0.2) is 5.78 Å². The lowest BCUT2D eigenvalue weighted by atomic mass is 9.94. The third kappa shape index (κ3) is 3.05. The van der Waals surface area contributed by atoms with E-state index in [2.05, 4.69) is 5.32 Å². The van der Waals surface area contributed by atoms with E-state index >= 15 is 0 Å². The topological polar surface area (TPSA) is 66.5 Å². The van der Waals surface area contributed by atoms with Gasteiger partial charge in [-0.25, -0.2) is 4.79 Å². The molecule has 1 saturated heterocycles. The summed E-state index contributed by atoms with van der Waals surface area (Å²) in [5.41, 5.74) is 2.20. The maximum Gasteiger partial charge on any atom is 0.325 e. The van der Waals surface area contributed by atoms with Gasteiger partial charge in [0.25, 0.3) is 5.91 Å². The van der Waals surface area contributed by atoms with Crippen LogP contribution in [-0.4, -0.2) is 29.2 Å². The lowest BCUT2D eigenvalue weighted by molar-refractivity contribution is -0.130. The molecule has 2 aromatic rings. The summed E-state index contributed by atoms with van der Waals surface area (Å²) >= 11 is 1.46. The Labute approximate surface area is 157 Å². The van der Waals surface area contributed by atoms with Gasteiger partial charge in [-0.15, -0.1) is 0 Å². The van der Waals surface area contributed by atoms with Crippen LogP contribution in [0, 0.1) is 0 Å². The van der Waals surface area contributed by atoms with Gasteiger partial charge in [0, 0.05) is 5.56 Å². The van der Waals surface area contributed by atoms with Gasteiger partial charge in [-0.3, -0.25) is 14.5 Å². The van der Waals surface area contributed by atoms with E-state index in [9.17, 15) is 14.4 Å². The van der Waals surface area contributed by atoms with E-state index in [1.54, 1.807) is 6.92 Å². The minimum atomic E-state index is -1.11. The minimum absolute atomic E-state index is 0.213. The van der Waals surface area contributed by atoms with E-state index in [-0.39, 0.29) is 18.2 Å². The Kier molecular flexibility index (Phi) is 4.96. The van der Waals surface area contributed by atoms with Crippen molar-refractivity contribution in [2.24, 2.45) is 0 Å². The number of aryl methyl sites for hydroxylation is 2. The van der Waals surface area contributed by atoms with E-state index in [1.807, 2.05) is 48.9 Å². The molecule has 6 heteroatoms. The monoisotopic (exact) mass is 370 g/mol. The molecule has 3 amide bonds. The van der Waals surface area contributed by atoms with Gasteiger partial charge in [0.05, 0.1) is 6.54 Å². The third-order valence-electron chi connectivity index (χ3n) is 4.94. The summed E-state index contributed by atoms with van der Waals surface area (Å²) in [6, 6.07) is 7.12. The molecule has 1 aliphatic rings. The van der Waals surface area contributed by atoms with Crippen LogP contribution in [0.1, 0.15) is 47.8 Å². The summed E-state index contributed by atoms with van der Waals surface area (Å²) in [6.45, 7) is 5.44. The van der Waals surface area contributed by atoms with Crippen molar-refractivity contribution in [2.75, 3.05) is 6.54 Å². The zero-order chi connectivity index (χ0) is 18.9. The quantitative estimate of drug-likeness (QED) is 0.625. The number of amides is 3. The zero-order valence-corrected chi connectivity index (χ0v) is 16.0. The number of Topliss-reactive ketones (excluding diaryl/α,β-unsaturated/α-hetero) is 1. The summed E-state index contributed by atoms with van der Waals surface area (Å²) in [5, 5.41) is 6.43. The first kappa shape index (κ1) is 18.3. The van der Waals surface area contributed by atoms with Crippen molar-refractivity contribution in [2.45, 2.75) is 39.2 Å². The van der Waals surface area contributed by atoms with Crippen molar-refractivity contribution in [1.29, 1.82) is 0 Å². The fourth-order valence-electron chi connectivity index (χ4n) is 3.23. The van der Waals surface area contributed by atoms with E-state index in [4.69, 9.17) is 0 Å². The summed E-state index contributed by atoms with van der Waals surface area (Å²) in [5.74, 6) is -0.603. The van der Waals surface area contributed by atoms with Gasteiger partial charge >= 0.3 is 6.03 Å². The van der Waals surface area contributed by atoms with Gasteiger partial charge in [-0.2, -0.15) is 11.3 Å². The van der Waals surface area contributed by atoms with E-state index < -0.39 is 11.6 Å². The predicted molar refractivity (Wildman–Crippen MR) is 101 cm³/mol. The van der Waals surface area contributed by atoms with E-state index in [0.717, 1.165) is 34.4 Å². The standard InChI is InChI=1S/C20H22N2O3S/c1-4-13-6-7-14(5-2)16(10-13)17(23)11-22-18(24)20(3,21-19(22)25)15-8-9-26-12-15/h6-10,12H,4-5,11H2,1-3H3,(H,21,25)/t20-/m1/s1. The molecule has 1 atom stereocenters. The number of ketones is 1. The van der Waals surface area contributed by atoms with Crippen LogP contribution in [-0.2, 0) is 23.2 Å². The molecule has 2 heterocycles. The Morgan fingerprint density at radius 2 is 1.96 bits per heavy atom. The summed E-state index contributed by atoms with van der Waals surface area (Å²) in [6.07, 6.45) is 1.54. The van der Waals surface area contributed by atoms with Gasteiger partial charge in [0.2, 0.25) is 0 Å². The Hall–Kier alpha value is -2.47. The molecule has 1 fully saturated rings. The number of urea groups is 1. The molecule has 5 nitrogen and oxygen atoms in total. The molecule has 3 rings (SSSR count). The molecule has 0 radical (unpaired) electrons. The van der Waals surface area contributed by atoms with Crippen molar-refractivity contribution in [3.05, 3.63) is 57.3 Å². The molecule has 1 aromatic heterocycles. The molecule has 0 aliphatic carbocycles. The van der Waals surface area contributed by atoms with Crippen LogP contribution >= 0.6 is 11.3 Å². The number of nitrogens with one attached hydrogen (secondary N) is 1. The van der Waals surface area contributed by atoms with Crippen LogP contribution in [0.2, 0.25) is 0 Å². The van der Waals surface area contributed by atoms with Crippen molar-refractivity contribution in [3.8, 4) is 0 Å². The predicted octanol–water partition coefficient (Wildman–Crippen LogP) is 3.52. The number of carbonyl (C=O) groups excluding carboxylic acids is 3. The van der Waals surface area contributed by atoms with Gasteiger partial charge in [-0.05, 0) is 59.3 Å². The highest BCUT2D eigenvalue weighted by molar-refractivity contribution is 7.08. The van der Waals surface area contributed by atoms with Gasteiger partial charge < -0.3 is 5.32 Å². The molecule has 0 saturated carbocycles. The average Bonchev–Trinajstić information content (AvgIpc) is 3.25. The SMILES string of the molecule is CCc1ccc(CC)c(C(=O)CN2C(=O)N[C@](C)(c3ccsc3)C2=O)c1. The van der Waals surface area contributed by atoms with Crippen LogP contribution < -0.4 is 5.32 Å². The van der Waals surface area contributed by atoms with Crippen LogP contribution in [0.25, 0.3) is 0 Å². The molecule has 26 heavy (non-hydrogen) atoms. The van der Waals surface area contributed by atoms with Crippen LogP contribution in [0.4, 0.5) is 4.79 Å². The molecule has 136 valence electrons. The number of hydrogen-bond donors (Lipinski definition) is 1. The summed E-state index contributed by atoms with van der Waals surface area (Å²) in [4.78, 5) is 39.2. The van der Waals surface area contributed by atoms with Crippen LogP contribution in [0.15, 0.2) is 35.0 Å². The molecule has 1 aromatic carbocycles. The highest BCUT2D eigenvalue weighted by Crippen LogP contribution is 2.30. The molecular formula is C20H22N2O3S. The number of thiophene rings is 1. The number of rotatable bonds is 6. The third-order valence-corrected chi connectivity index (χ3v) is 5.62. The lowest BCUT2D eigenvalue weighted by Gasteiger charge is -2.20. The Morgan fingerprint density at radius 3 is 2.58 bits per heavy atom. The fraction of sp³-hybridized carbons (Fsp3) is 0.350. The van der Waals surface area contributed by atoms with Crippen molar-refractivity contribution in [3.63, 3.8) is 0 Å². The maximum atomic E-state index is 12.9. The second-order valence-electron chi connectivity index (χ2n) is 6.58. The van der Waals surface area contributed by atoms with Gasteiger partial charge in [0.1, 0.15) is 5.54 Å². The first-order valence-corrected chi connectivity index (χ1v) is 9.66. The molecule has 0 spiro atoms. The molecule has 0 unspecified atom stereocenters. The average molecular weight is 370 g/mol. The smallest absolute Gasteiger partial charge is 0.319 e. The molecule has 0 bridgehead atoms. The summed E-state index contributed by atoms with van der Waals surface area (Å²) < 4.78 is 0. The number of imide groups is 1. The number of hydrogen-bond acceptors (Lipinski definition) is 4.